The minimum atomic E-state index is -5.25. The normalized spacial score (nSPS) is 15.7. The van der Waals surface area contributed by atoms with E-state index in [1.165, 1.54) is 21.0 Å². The molecule has 8 nitrogen and oxygen atoms in total. The van der Waals surface area contributed by atoms with Crippen molar-refractivity contribution in [1.82, 2.24) is 10.2 Å². The van der Waals surface area contributed by atoms with Crippen LogP contribution in [0.1, 0.15) is 40.6 Å². The van der Waals surface area contributed by atoms with Crippen molar-refractivity contribution in [3.8, 4) is 0 Å². The number of alkyl halides is 3. The number of carbonyl (C=O) groups excluding carboxylic acids is 3. The maximum Gasteiger partial charge on any atom is 0.442 e. The number of nitrogens with two attached hydrogens (primary N) is 1. The van der Waals surface area contributed by atoms with Crippen molar-refractivity contribution in [3.63, 3.8) is 0 Å². The zero-order valence-electron chi connectivity index (χ0n) is 16.2. The number of primary amides is 1. The van der Waals surface area contributed by atoms with Crippen LogP contribution >= 0.6 is 11.3 Å². The zero-order valence-corrected chi connectivity index (χ0v) is 17.1. The Morgan fingerprint density at radius 3 is 2.24 bits per heavy atom. The molecule has 29 heavy (non-hydrogen) atoms. The van der Waals surface area contributed by atoms with Crippen molar-refractivity contribution >= 4 is 34.2 Å². The molecule has 0 saturated carbocycles. The number of nitrogens with zero attached hydrogens (tertiary/aromatic N) is 1. The Balaban J connectivity index is 2.62. The number of carbonyl (C=O) groups is 3. The van der Waals surface area contributed by atoms with E-state index in [-0.39, 0.29) is 16.5 Å². The topological polar surface area (TPSA) is 114 Å². The Kier molecular flexibility index (Phi) is 6.66. The highest BCUT2D eigenvalue weighted by molar-refractivity contribution is 7.18. The molecule has 1 aliphatic rings. The van der Waals surface area contributed by atoms with E-state index >= 15 is 0 Å². The summed E-state index contributed by atoms with van der Waals surface area (Å²) >= 11 is 0.739. The fraction of sp³-hybridized carbons (Fsp3) is 0.588. The number of thiophene rings is 1. The summed E-state index contributed by atoms with van der Waals surface area (Å²) in [4.78, 5) is 37.3. The van der Waals surface area contributed by atoms with Crippen LogP contribution in [0.5, 0.6) is 0 Å². The van der Waals surface area contributed by atoms with Gasteiger partial charge in [-0.1, -0.05) is 0 Å². The molecule has 3 amide bonds. The minimum Gasteiger partial charge on any atom is -0.463 e. The van der Waals surface area contributed by atoms with Crippen molar-refractivity contribution < 1.29 is 32.3 Å². The molecule has 162 valence electrons. The summed E-state index contributed by atoms with van der Waals surface area (Å²) in [6.45, 7) is 1.02. The lowest BCUT2D eigenvalue weighted by atomic mass is 9.92. The summed E-state index contributed by atoms with van der Waals surface area (Å²) in [6, 6.07) is -1.15. The molecular weight excluding hydrogens is 413 g/mol. The van der Waals surface area contributed by atoms with Gasteiger partial charge in [-0.25, -0.2) is 9.59 Å². The van der Waals surface area contributed by atoms with E-state index in [0.717, 1.165) is 22.7 Å². The monoisotopic (exact) mass is 436 g/mol. The van der Waals surface area contributed by atoms with Crippen LogP contribution in [-0.2, 0) is 22.4 Å². The fourth-order valence-corrected chi connectivity index (χ4v) is 4.21. The second kappa shape index (κ2) is 8.47. The third-order valence-electron chi connectivity index (χ3n) is 4.45. The first kappa shape index (κ1) is 22.8. The first-order valence-electron chi connectivity index (χ1n) is 8.90. The lowest BCUT2D eigenvalue weighted by molar-refractivity contribution is -0.204. The molecule has 0 spiro atoms. The minimum absolute atomic E-state index is 0.0436. The van der Waals surface area contributed by atoms with Crippen LogP contribution in [0.15, 0.2) is 0 Å². The number of fused-ring (bicyclic) bond motifs is 1. The van der Waals surface area contributed by atoms with E-state index in [1.807, 2.05) is 0 Å². The van der Waals surface area contributed by atoms with E-state index in [2.05, 4.69) is 10.1 Å². The summed E-state index contributed by atoms with van der Waals surface area (Å²) in [5.41, 5.74) is 2.92. The Morgan fingerprint density at radius 1 is 1.17 bits per heavy atom. The average molecular weight is 436 g/mol. The van der Waals surface area contributed by atoms with Crippen LogP contribution in [0.25, 0.3) is 0 Å². The summed E-state index contributed by atoms with van der Waals surface area (Å²) in [6.07, 6.45) is -2.86. The van der Waals surface area contributed by atoms with Gasteiger partial charge in [0.1, 0.15) is 0 Å². The molecular formula is C17H23F3N4O4S. The van der Waals surface area contributed by atoms with Gasteiger partial charge in [0.05, 0.1) is 16.5 Å². The van der Waals surface area contributed by atoms with E-state index in [9.17, 15) is 27.6 Å². The lowest BCUT2D eigenvalue weighted by Gasteiger charge is -2.36. The number of amides is 3. The van der Waals surface area contributed by atoms with E-state index in [4.69, 9.17) is 5.73 Å². The molecule has 1 atom stereocenters. The number of hydrogen-bond acceptors (Lipinski definition) is 6. The molecule has 0 aromatic carbocycles. The van der Waals surface area contributed by atoms with Crippen LogP contribution in [0.4, 0.5) is 23.0 Å². The summed E-state index contributed by atoms with van der Waals surface area (Å²) in [7, 11) is 2.47. The van der Waals surface area contributed by atoms with Crippen molar-refractivity contribution in [2.24, 2.45) is 5.73 Å². The van der Waals surface area contributed by atoms with Gasteiger partial charge in [-0.15, -0.1) is 11.3 Å². The first-order valence-corrected chi connectivity index (χ1v) is 9.72. The number of nitrogens with one attached hydrogen (secondary N) is 2. The summed E-state index contributed by atoms with van der Waals surface area (Å²) in [5.74, 6) is -2.46. The number of halogens is 3. The van der Waals surface area contributed by atoms with Gasteiger partial charge in [0, 0.05) is 14.1 Å². The Morgan fingerprint density at radius 2 is 1.76 bits per heavy atom. The molecule has 1 unspecified atom stereocenters. The summed E-state index contributed by atoms with van der Waals surface area (Å²) in [5, 5.41) is 3.83. The molecule has 1 aliphatic carbocycles. The van der Waals surface area contributed by atoms with E-state index in [1.54, 1.807) is 5.32 Å². The van der Waals surface area contributed by atoms with Gasteiger partial charge in [0.15, 0.2) is 0 Å². The smallest absolute Gasteiger partial charge is 0.442 e. The number of anilines is 1. The second-order valence-electron chi connectivity index (χ2n) is 6.71. The van der Waals surface area contributed by atoms with Gasteiger partial charge in [-0.3, -0.25) is 10.1 Å². The SMILES string of the molecule is CCOC(=O)C(NC(=O)N(C)C)(Nc1sc(C(N)=O)c2c1CCCC2)C(F)(F)F. The molecule has 0 bridgehead atoms. The van der Waals surface area contributed by atoms with Gasteiger partial charge >= 0.3 is 23.8 Å². The third-order valence-corrected chi connectivity index (χ3v) is 5.66. The highest BCUT2D eigenvalue weighted by atomic mass is 32.1. The van der Waals surface area contributed by atoms with Gasteiger partial charge in [0.2, 0.25) is 0 Å². The Bertz CT molecular complexity index is 809. The molecule has 4 N–H and O–H groups in total. The molecule has 1 heterocycles. The predicted molar refractivity (Wildman–Crippen MR) is 101 cm³/mol. The lowest BCUT2D eigenvalue weighted by Crippen LogP contribution is -2.70. The second-order valence-corrected chi connectivity index (χ2v) is 7.73. The number of esters is 1. The zero-order chi connectivity index (χ0) is 22.0. The molecule has 12 heteroatoms. The molecule has 0 fully saturated rings. The largest absolute Gasteiger partial charge is 0.463 e. The third kappa shape index (κ3) is 4.41. The van der Waals surface area contributed by atoms with Gasteiger partial charge in [0.25, 0.3) is 5.91 Å². The average Bonchev–Trinajstić information content (AvgIpc) is 2.99. The fourth-order valence-electron chi connectivity index (χ4n) is 3.00. The highest BCUT2D eigenvalue weighted by Gasteiger charge is 2.64. The molecule has 1 aromatic rings. The predicted octanol–water partition coefficient (Wildman–Crippen LogP) is 2.23. The maximum absolute atomic E-state index is 14.2. The van der Waals surface area contributed by atoms with Crippen molar-refractivity contribution in [3.05, 3.63) is 16.0 Å². The highest BCUT2D eigenvalue weighted by Crippen LogP contribution is 2.42. The number of ether oxygens (including phenoxy) is 1. The van der Waals surface area contributed by atoms with Crippen LogP contribution in [0, 0.1) is 0 Å². The standard InChI is InChI=1S/C17H23F3N4O4S/c1-4-28-14(26)16(17(18,19)20,23-15(27)24(2)3)22-13-10-8-6-5-7-9(10)11(29-13)12(21)25/h22H,4-8H2,1-3H3,(H2,21,25)(H,23,27). The van der Waals surface area contributed by atoms with Gasteiger partial charge in [-0.05, 0) is 43.7 Å². The Hall–Kier alpha value is -2.50. The van der Waals surface area contributed by atoms with E-state index < -0.39 is 29.7 Å². The molecule has 0 radical (unpaired) electrons. The number of urea groups is 1. The van der Waals surface area contributed by atoms with Crippen LogP contribution in [0.3, 0.4) is 0 Å². The van der Waals surface area contributed by atoms with Gasteiger partial charge < -0.3 is 20.7 Å². The molecule has 1 aromatic heterocycles. The van der Waals surface area contributed by atoms with E-state index in [0.29, 0.717) is 30.4 Å². The maximum atomic E-state index is 14.2. The summed E-state index contributed by atoms with van der Waals surface area (Å²) < 4.78 is 47.2. The van der Waals surface area contributed by atoms with Crippen molar-refractivity contribution in [1.29, 1.82) is 0 Å². The molecule has 2 rings (SSSR count). The quantitative estimate of drug-likeness (QED) is 0.468. The van der Waals surface area contributed by atoms with Gasteiger partial charge in [-0.2, -0.15) is 13.2 Å². The van der Waals surface area contributed by atoms with Crippen LogP contribution in [0.2, 0.25) is 0 Å². The number of hydrogen-bond donors (Lipinski definition) is 3. The molecule has 0 saturated heterocycles. The van der Waals surface area contributed by atoms with Crippen LogP contribution < -0.4 is 16.4 Å². The number of rotatable bonds is 6. The molecule has 0 aliphatic heterocycles. The van der Waals surface area contributed by atoms with Crippen molar-refractivity contribution in [2.75, 3.05) is 26.0 Å². The van der Waals surface area contributed by atoms with Crippen LogP contribution in [-0.4, -0.2) is 55.3 Å². The first-order chi connectivity index (χ1) is 13.4. The Labute approximate surface area is 169 Å². The van der Waals surface area contributed by atoms with Crippen molar-refractivity contribution in [2.45, 2.75) is 44.4 Å².